The molecular weight excluding hydrogens is 204 g/mol. The molecule has 0 spiro atoms. The lowest BCUT2D eigenvalue weighted by Crippen LogP contribution is -2.47. The molecule has 0 nitrogen and oxygen atoms in total. The highest BCUT2D eigenvalue weighted by Crippen LogP contribution is 2.79. The van der Waals surface area contributed by atoms with Gasteiger partial charge in [-0.05, 0) is 33.0 Å². The van der Waals surface area contributed by atoms with E-state index in [-0.39, 0.29) is 0 Å². The first-order valence-electron chi connectivity index (χ1n) is 7.19. The van der Waals surface area contributed by atoms with E-state index in [0.717, 1.165) is 0 Å². The largest absolute Gasteiger partial charge is 0.0622 e. The summed E-state index contributed by atoms with van der Waals surface area (Å²) in [5.74, 6) is 0.702. The van der Waals surface area contributed by atoms with Gasteiger partial charge in [-0.3, -0.25) is 0 Å². The standard InChI is InChI=1S/C17H34/c1-12(2)17(11)15(7,8)13(3,4)14(5,6)16(17,9)10/h12H,1-11H3. The Morgan fingerprint density at radius 2 is 0.706 bits per heavy atom. The molecule has 0 aromatic rings. The van der Waals surface area contributed by atoms with Crippen LogP contribution in [-0.2, 0) is 0 Å². The van der Waals surface area contributed by atoms with Crippen LogP contribution in [0.25, 0.3) is 0 Å². The molecule has 1 aliphatic rings. The van der Waals surface area contributed by atoms with E-state index in [1.54, 1.807) is 0 Å². The maximum atomic E-state index is 2.52. The van der Waals surface area contributed by atoms with Crippen molar-refractivity contribution in [2.24, 2.45) is 33.0 Å². The Labute approximate surface area is 110 Å². The molecule has 0 radical (unpaired) electrons. The summed E-state index contributed by atoms with van der Waals surface area (Å²) >= 11 is 0. The van der Waals surface area contributed by atoms with Gasteiger partial charge in [0.15, 0.2) is 0 Å². The fraction of sp³-hybridized carbons (Fsp3) is 1.00. The zero-order chi connectivity index (χ0) is 14.1. The smallest absolute Gasteiger partial charge is 0.0190 e. The number of rotatable bonds is 1. The normalized spacial score (nSPS) is 31.8. The molecule has 0 aromatic carbocycles. The van der Waals surface area contributed by atoms with Gasteiger partial charge in [-0.2, -0.15) is 0 Å². The van der Waals surface area contributed by atoms with Gasteiger partial charge >= 0.3 is 0 Å². The van der Waals surface area contributed by atoms with Crippen LogP contribution in [0, 0.1) is 33.0 Å². The lowest BCUT2D eigenvalue weighted by molar-refractivity contribution is -0.0490. The van der Waals surface area contributed by atoms with E-state index in [2.05, 4.69) is 76.2 Å². The molecule has 0 N–H and O–H groups in total. The first-order valence-corrected chi connectivity index (χ1v) is 7.19. The quantitative estimate of drug-likeness (QED) is 0.544. The average Bonchev–Trinajstić information content (AvgIpc) is 2.17. The second-order valence-electron chi connectivity index (χ2n) is 8.86. The molecule has 0 bridgehead atoms. The van der Waals surface area contributed by atoms with Crippen LogP contribution in [-0.4, -0.2) is 0 Å². The molecule has 0 unspecified atom stereocenters. The second kappa shape index (κ2) is 3.31. The van der Waals surface area contributed by atoms with Crippen molar-refractivity contribution in [2.45, 2.75) is 76.2 Å². The van der Waals surface area contributed by atoms with Crippen LogP contribution in [0.5, 0.6) is 0 Å². The predicted octanol–water partition coefficient (Wildman–Crippen LogP) is 5.77. The molecule has 1 aliphatic carbocycles. The molecule has 0 aromatic heterocycles. The summed E-state index contributed by atoms with van der Waals surface area (Å²) in [5, 5.41) is 0. The van der Waals surface area contributed by atoms with Crippen molar-refractivity contribution < 1.29 is 0 Å². The first kappa shape index (κ1) is 15.1. The average molecular weight is 238 g/mol. The van der Waals surface area contributed by atoms with Crippen LogP contribution in [0.1, 0.15) is 76.2 Å². The maximum Gasteiger partial charge on any atom is -0.0190 e. The molecule has 0 aliphatic heterocycles. The van der Waals surface area contributed by atoms with Gasteiger partial charge in [0.2, 0.25) is 0 Å². The summed E-state index contributed by atoms with van der Waals surface area (Å²) in [7, 11) is 0. The summed E-state index contributed by atoms with van der Waals surface area (Å²) in [6, 6.07) is 0. The molecule has 17 heavy (non-hydrogen) atoms. The Kier molecular flexibility index (Phi) is 2.93. The van der Waals surface area contributed by atoms with E-state index in [1.807, 2.05) is 0 Å². The third-order valence-corrected chi connectivity index (χ3v) is 8.44. The Morgan fingerprint density at radius 1 is 0.471 bits per heavy atom. The van der Waals surface area contributed by atoms with E-state index in [9.17, 15) is 0 Å². The van der Waals surface area contributed by atoms with Gasteiger partial charge < -0.3 is 0 Å². The van der Waals surface area contributed by atoms with Crippen LogP contribution in [0.15, 0.2) is 0 Å². The maximum absolute atomic E-state index is 2.52. The van der Waals surface area contributed by atoms with Crippen LogP contribution in [0.3, 0.4) is 0 Å². The van der Waals surface area contributed by atoms with E-state index < -0.39 is 0 Å². The topological polar surface area (TPSA) is 0 Å². The number of hydrogen-bond acceptors (Lipinski definition) is 0. The summed E-state index contributed by atoms with van der Waals surface area (Å²) in [6.07, 6.45) is 0. The Bertz CT molecular complexity index is 287. The third-order valence-electron chi connectivity index (χ3n) is 8.44. The molecule has 102 valence electrons. The Morgan fingerprint density at radius 3 is 0.824 bits per heavy atom. The monoisotopic (exact) mass is 238 g/mol. The van der Waals surface area contributed by atoms with E-state index in [0.29, 0.717) is 33.0 Å². The van der Waals surface area contributed by atoms with Crippen molar-refractivity contribution in [1.29, 1.82) is 0 Å². The molecule has 1 rings (SSSR count). The minimum absolute atomic E-state index is 0.334. The molecule has 0 atom stereocenters. The van der Waals surface area contributed by atoms with E-state index in [1.165, 1.54) is 0 Å². The van der Waals surface area contributed by atoms with Crippen molar-refractivity contribution in [3.63, 3.8) is 0 Å². The second-order valence-corrected chi connectivity index (χ2v) is 8.86. The van der Waals surface area contributed by atoms with Crippen molar-refractivity contribution in [1.82, 2.24) is 0 Å². The predicted molar refractivity (Wildman–Crippen MR) is 78.1 cm³/mol. The fourth-order valence-electron chi connectivity index (χ4n) is 5.09. The lowest BCUT2D eigenvalue weighted by atomic mass is 9.51. The molecule has 0 amide bonds. The molecule has 0 heterocycles. The van der Waals surface area contributed by atoms with Gasteiger partial charge in [-0.1, -0.05) is 76.2 Å². The van der Waals surface area contributed by atoms with E-state index in [4.69, 9.17) is 0 Å². The summed E-state index contributed by atoms with van der Waals surface area (Å²) in [4.78, 5) is 0. The van der Waals surface area contributed by atoms with Gasteiger partial charge in [0.05, 0.1) is 0 Å². The Balaban J connectivity index is 3.65. The summed E-state index contributed by atoms with van der Waals surface area (Å²) in [5.41, 5.74) is 1.69. The highest BCUT2D eigenvalue weighted by molar-refractivity contribution is 5.21. The zero-order valence-corrected chi connectivity index (χ0v) is 14.1. The summed E-state index contributed by atoms with van der Waals surface area (Å²) < 4.78 is 0. The number of hydrogen-bond donors (Lipinski definition) is 0. The molecular formula is C17H34. The fourth-order valence-corrected chi connectivity index (χ4v) is 5.09. The van der Waals surface area contributed by atoms with Gasteiger partial charge in [0.1, 0.15) is 0 Å². The van der Waals surface area contributed by atoms with Crippen molar-refractivity contribution in [3.8, 4) is 0 Å². The highest BCUT2D eigenvalue weighted by Gasteiger charge is 2.73. The van der Waals surface area contributed by atoms with Crippen LogP contribution < -0.4 is 0 Å². The van der Waals surface area contributed by atoms with Crippen LogP contribution in [0.2, 0.25) is 0 Å². The minimum atomic E-state index is 0.334. The zero-order valence-electron chi connectivity index (χ0n) is 14.1. The molecule has 1 fully saturated rings. The van der Waals surface area contributed by atoms with Crippen LogP contribution in [0.4, 0.5) is 0 Å². The van der Waals surface area contributed by atoms with Gasteiger partial charge in [-0.25, -0.2) is 0 Å². The van der Waals surface area contributed by atoms with Crippen molar-refractivity contribution in [2.75, 3.05) is 0 Å². The minimum Gasteiger partial charge on any atom is -0.0622 e. The van der Waals surface area contributed by atoms with Gasteiger partial charge in [0.25, 0.3) is 0 Å². The van der Waals surface area contributed by atoms with Crippen molar-refractivity contribution >= 4 is 0 Å². The SMILES string of the molecule is CC(C)C1(C)C(C)(C)C(C)(C)C(C)(C)C1(C)C. The molecule has 1 saturated carbocycles. The lowest BCUT2D eigenvalue weighted by Gasteiger charge is -2.53. The summed E-state index contributed by atoms with van der Waals surface area (Å²) in [6.45, 7) is 27.2. The first-order chi connectivity index (χ1) is 7.19. The van der Waals surface area contributed by atoms with Gasteiger partial charge in [0, 0.05) is 0 Å². The Hall–Kier alpha value is 0. The van der Waals surface area contributed by atoms with Crippen LogP contribution >= 0.6 is 0 Å². The third kappa shape index (κ3) is 1.21. The molecule has 0 heteroatoms. The van der Waals surface area contributed by atoms with Gasteiger partial charge in [-0.15, -0.1) is 0 Å². The highest BCUT2D eigenvalue weighted by atomic mass is 14.8. The van der Waals surface area contributed by atoms with E-state index >= 15 is 0 Å². The molecule has 0 saturated heterocycles. The van der Waals surface area contributed by atoms with Crippen molar-refractivity contribution in [3.05, 3.63) is 0 Å².